The van der Waals surface area contributed by atoms with Crippen LogP contribution in [0.5, 0.6) is 0 Å². The van der Waals surface area contributed by atoms with Gasteiger partial charge >= 0.3 is 5.97 Å². The van der Waals surface area contributed by atoms with Gasteiger partial charge in [0.1, 0.15) is 5.82 Å². The third kappa shape index (κ3) is 3.84. The van der Waals surface area contributed by atoms with Crippen molar-refractivity contribution in [1.82, 2.24) is 10.2 Å². The summed E-state index contributed by atoms with van der Waals surface area (Å²) in [5.41, 5.74) is 0.385. The predicted molar refractivity (Wildman–Crippen MR) is 61.4 cm³/mol. The van der Waals surface area contributed by atoms with Crippen molar-refractivity contribution in [2.45, 2.75) is 39.2 Å². The number of hydrogen-bond donors (Lipinski definition) is 2. The van der Waals surface area contributed by atoms with E-state index in [1.807, 2.05) is 32.9 Å². The van der Waals surface area contributed by atoms with Crippen LogP contribution in [0.1, 0.15) is 32.9 Å². The minimum Gasteiger partial charge on any atom is -0.481 e. The van der Waals surface area contributed by atoms with Gasteiger partial charge < -0.3 is 10.4 Å². The van der Waals surface area contributed by atoms with E-state index in [2.05, 4.69) is 15.5 Å². The van der Waals surface area contributed by atoms with E-state index in [-0.39, 0.29) is 6.42 Å². The van der Waals surface area contributed by atoms with E-state index in [0.29, 0.717) is 5.82 Å². The van der Waals surface area contributed by atoms with Crippen LogP contribution < -0.4 is 5.32 Å². The SMILES string of the molecule is CCc1ccc(NC(C)(C)CC(=O)O)nn1. The third-order valence-electron chi connectivity index (χ3n) is 2.14. The quantitative estimate of drug-likeness (QED) is 0.794. The monoisotopic (exact) mass is 223 g/mol. The first-order valence-electron chi connectivity index (χ1n) is 5.25. The van der Waals surface area contributed by atoms with Crippen LogP contribution in [-0.4, -0.2) is 26.8 Å². The molecule has 1 aromatic rings. The van der Waals surface area contributed by atoms with Crippen molar-refractivity contribution < 1.29 is 9.90 Å². The average Bonchev–Trinajstić information content (AvgIpc) is 2.16. The fraction of sp³-hybridized carbons (Fsp3) is 0.545. The maximum absolute atomic E-state index is 10.6. The summed E-state index contributed by atoms with van der Waals surface area (Å²) in [5.74, 6) is -0.237. The second-order valence-corrected chi connectivity index (χ2v) is 4.34. The average molecular weight is 223 g/mol. The van der Waals surface area contributed by atoms with Crippen LogP contribution in [-0.2, 0) is 11.2 Å². The molecule has 0 aliphatic heterocycles. The summed E-state index contributed by atoms with van der Waals surface area (Å²) in [5, 5.41) is 19.8. The molecule has 1 heterocycles. The molecular formula is C11H17N3O2. The van der Waals surface area contributed by atoms with E-state index in [4.69, 9.17) is 5.11 Å². The first kappa shape index (κ1) is 12.4. The Balaban J connectivity index is 2.68. The first-order chi connectivity index (χ1) is 7.43. The van der Waals surface area contributed by atoms with Crippen LogP contribution in [0.25, 0.3) is 0 Å². The molecule has 2 N–H and O–H groups in total. The Bertz CT molecular complexity index is 360. The topological polar surface area (TPSA) is 75.1 Å². The van der Waals surface area contributed by atoms with Gasteiger partial charge in [0, 0.05) is 5.54 Å². The van der Waals surface area contributed by atoms with Crippen molar-refractivity contribution in [3.05, 3.63) is 17.8 Å². The highest BCUT2D eigenvalue weighted by Gasteiger charge is 2.21. The summed E-state index contributed by atoms with van der Waals surface area (Å²) in [6.07, 6.45) is 0.871. The zero-order valence-electron chi connectivity index (χ0n) is 9.82. The maximum atomic E-state index is 10.6. The Labute approximate surface area is 94.9 Å². The molecule has 0 fully saturated rings. The Morgan fingerprint density at radius 1 is 1.44 bits per heavy atom. The molecule has 1 aromatic heterocycles. The van der Waals surface area contributed by atoms with Gasteiger partial charge in [-0.15, -0.1) is 5.10 Å². The minimum atomic E-state index is -0.837. The predicted octanol–water partition coefficient (Wildman–Crippen LogP) is 1.70. The van der Waals surface area contributed by atoms with Gasteiger partial charge in [-0.25, -0.2) is 0 Å². The number of aliphatic carboxylic acids is 1. The minimum absolute atomic E-state index is 0.0320. The molecule has 0 spiro atoms. The highest BCUT2D eigenvalue weighted by molar-refractivity contribution is 5.69. The molecule has 0 amide bonds. The Kier molecular flexibility index (Phi) is 3.82. The molecule has 0 radical (unpaired) electrons. The van der Waals surface area contributed by atoms with Crippen molar-refractivity contribution in [3.8, 4) is 0 Å². The van der Waals surface area contributed by atoms with E-state index in [1.165, 1.54) is 0 Å². The van der Waals surface area contributed by atoms with Crippen LogP contribution in [0.4, 0.5) is 5.82 Å². The molecule has 16 heavy (non-hydrogen) atoms. The summed E-state index contributed by atoms with van der Waals surface area (Å²) in [4.78, 5) is 10.6. The van der Waals surface area contributed by atoms with Gasteiger partial charge in [-0.05, 0) is 32.4 Å². The fourth-order valence-corrected chi connectivity index (χ4v) is 1.38. The lowest BCUT2D eigenvalue weighted by Crippen LogP contribution is -2.34. The van der Waals surface area contributed by atoms with Gasteiger partial charge in [-0.3, -0.25) is 4.79 Å². The first-order valence-corrected chi connectivity index (χ1v) is 5.25. The van der Waals surface area contributed by atoms with Crippen LogP contribution >= 0.6 is 0 Å². The summed E-state index contributed by atoms with van der Waals surface area (Å²) in [6.45, 7) is 5.64. The van der Waals surface area contributed by atoms with E-state index in [1.54, 1.807) is 0 Å². The van der Waals surface area contributed by atoms with Gasteiger partial charge in [0.25, 0.3) is 0 Å². The van der Waals surface area contributed by atoms with Crippen molar-refractivity contribution in [1.29, 1.82) is 0 Å². The number of aromatic nitrogens is 2. The smallest absolute Gasteiger partial charge is 0.305 e. The molecular weight excluding hydrogens is 206 g/mol. The highest BCUT2D eigenvalue weighted by Crippen LogP contribution is 2.15. The molecule has 5 nitrogen and oxygen atoms in total. The molecule has 0 aromatic carbocycles. The Morgan fingerprint density at radius 2 is 2.12 bits per heavy atom. The van der Waals surface area contributed by atoms with Crippen LogP contribution in [0.15, 0.2) is 12.1 Å². The highest BCUT2D eigenvalue weighted by atomic mass is 16.4. The zero-order valence-corrected chi connectivity index (χ0v) is 9.82. The molecule has 1 rings (SSSR count). The molecule has 88 valence electrons. The molecule has 0 saturated heterocycles. The van der Waals surface area contributed by atoms with E-state index in [0.717, 1.165) is 12.1 Å². The number of carbonyl (C=O) groups is 1. The fourth-order valence-electron chi connectivity index (χ4n) is 1.38. The second kappa shape index (κ2) is 4.92. The molecule has 0 atom stereocenters. The third-order valence-corrected chi connectivity index (χ3v) is 2.14. The zero-order chi connectivity index (χ0) is 12.2. The van der Waals surface area contributed by atoms with Crippen LogP contribution in [0, 0.1) is 0 Å². The number of hydrogen-bond acceptors (Lipinski definition) is 4. The number of carboxylic acid groups (broad SMARTS) is 1. The van der Waals surface area contributed by atoms with Crippen molar-refractivity contribution in [2.24, 2.45) is 0 Å². The standard InChI is InChI=1S/C11H17N3O2/c1-4-8-5-6-9(14-13-8)12-11(2,3)7-10(15)16/h5-6H,4,7H2,1-3H3,(H,12,14)(H,15,16). The lowest BCUT2D eigenvalue weighted by Gasteiger charge is -2.24. The van der Waals surface area contributed by atoms with E-state index in [9.17, 15) is 4.79 Å². The van der Waals surface area contributed by atoms with Crippen LogP contribution in [0.3, 0.4) is 0 Å². The van der Waals surface area contributed by atoms with E-state index >= 15 is 0 Å². The molecule has 0 aliphatic rings. The molecule has 0 unspecified atom stereocenters. The maximum Gasteiger partial charge on any atom is 0.305 e. The summed E-state index contributed by atoms with van der Waals surface area (Å²) in [7, 11) is 0. The Morgan fingerprint density at radius 3 is 2.56 bits per heavy atom. The number of anilines is 1. The normalized spacial score (nSPS) is 11.2. The molecule has 0 saturated carbocycles. The van der Waals surface area contributed by atoms with Crippen molar-refractivity contribution in [3.63, 3.8) is 0 Å². The molecule has 0 aliphatic carbocycles. The van der Waals surface area contributed by atoms with Crippen LogP contribution in [0.2, 0.25) is 0 Å². The van der Waals surface area contributed by atoms with E-state index < -0.39 is 11.5 Å². The number of nitrogens with zero attached hydrogens (tertiary/aromatic N) is 2. The van der Waals surface area contributed by atoms with Crippen molar-refractivity contribution in [2.75, 3.05) is 5.32 Å². The lowest BCUT2D eigenvalue weighted by molar-refractivity contribution is -0.137. The van der Waals surface area contributed by atoms with Gasteiger partial charge in [0.2, 0.25) is 0 Å². The molecule has 5 heteroatoms. The largest absolute Gasteiger partial charge is 0.481 e. The van der Waals surface area contributed by atoms with Gasteiger partial charge in [-0.2, -0.15) is 5.10 Å². The number of carboxylic acids is 1. The Hall–Kier alpha value is -1.65. The molecule has 0 bridgehead atoms. The summed E-state index contributed by atoms with van der Waals surface area (Å²) >= 11 is 0. The van der Waals surface area contributed by atoms with Crippen molar-refractivity contribution >= 4 is 11.8 Å². The summed E-state index contributed by atoms with van der Waals surface area (Å²) in [6, 6.07) is 3.70. The second-order valence-electron chi connectivity index (χ2n) is 4.34. The van der Waals surface area contributed by atoms with Gasteiger partial charge in [-0.1, -0.05) is 6.92 Å². The number of rotatable bonds is 5. The van der Waals surface area contributed by atoms with Gasteiger partial charge in [0.05, 0.1) is 12.1 Å². The number of nitrogens with one attached hydrogen (secondary N) is 1. The summed E-state index contributed by atoms with van der Waals surface area (Å²) < 4.78 is 0. The van der Waals surface area contributed by atoms with Gasteiger partial charge in [0.15, 0.2) is 0 Å². The number of aryl methyl sites for hydroxylation is 1. The lowest BCUT2D eigenvalue weighted by atomic mass is 10.0.